The second-order valence-corrected chi connectivity index (χ2v) is 9.40. The van der Waals surface area contributed by atoms with Crippen LogP contribution in [0.2, 0.25) is 0 Å². The molecule has 0 spiro atoms. The van der Waals surface area contributed by atoms with Gasteiger partial charge in [-0.3, -0.25) is 4.79 Å². The number of sulfone groups is 1. The highest BCUT2D eigenvalue weighted by atomic mass is 32.2. The van der Waals surface area contributed by atoms with Crippen LogP contribution < -0.4 is 5.73 Å². The van der Waals surface area contributed by atoms with Gasteiger partial charge in [0.25, 0.3) is 0 Å². The van der Waals surface area contributed by atoms with Crippen LogP contribution in [0.25, 0.3) is 0 Å². The Balaban J connectivity index is 1.86. The van der Waals surface area contributed by atoms with E-state index in [2.05, 4.69) is 0 Å². The second-order valence-electron chi connectivity index (χ2n) is 6.93. The molecular formula is C18H25F3N2O3S. The topological polar surface area (TPSA) is 80.5 Å². The van der Waals surface area contributed by atoms with Crippen LogP contribution in [0, 0.1) is 23.4 Å². The second kappa shape index (κ2) is 9.05. The number of nitrogens with two attached hydrogens (primary N) is 1. The largest absolute Gasteiger partial charge is 0.343 e. The van der Waals surface area contributed by atoms with Gasteiger partial charge in [0.05, 0.1) is 5.75 Å². The van der Waals surface area contributed by atoms with Crippen molar-refractivity contribution in [3.05, 3.63) is 35.1 Å². The van der Waals surface area contributed by atoms with Gasteiger partial charge in [0.15, 0.2) is 21.5 Å². The number of nitrogens with zero attached hydrogens (tertiary/aromatic N) is 1. The van der Waals surface area contributed by atoms with Gasteiger partial charge in [0.1, 0.15) is 5.82 Å². The van der Waals surface area contributed by atoms with Crippen LogP contribution in [-0.2, 0) is 21.1 Å². The molecule has 1 aliphatic rings. The van der Waals surface area contributed by atoms with Gasteiger partial charge in [-0.15, -0.1) is 0 Å². The number of benzene rings is 1. The van der Waals surface area contributed by atoms with Gasteiger partial charge < -0.3 is 10.6 Å². The summed E-state index contributed by atoms with van der Waals surface area (Å²) in [6, 6.07) is 0.905. The summed E-state index contributed by atoms with van der Waals surface area (Å²) >= 11 is 0. The predicted octanol–water partition coefficient (Wildman–Crippen LogP) is 2.04. The highest BCUT2D eigenvalue weighted by molar-refractivity contribution is 7.91. The summed E-state index contributed by atoms with van der Waals surface area (Å²) in [6.45, 7) is 2.44. The third kappa shape index (κ3) is 5.93. The lowest BCUT2D eigenvalue weighted by Crippen LogP contribution is -2.44. The normalized spacial score (nSPS) is 17.1. The van der Waals surface area contributed by atoms with E-state index in [1.165, 1.54) is 0 Å². The quantitative estimate of drug-likeness (QED) is 0.703. The third-order valence-electron chi connectivity index (χ3n) is 5.11. The van der Waals surface area contributed by atoms with Gasteiger partial charge in [0.2, 0.25) is 5.91 Å². The molecule has 1 fully saturated rings. The lowest BCUT2D eigenvalue weighted by molar-refractivity contribution is -0.132. The number of rotatable bonds is 7. The van der Waals surface area contributed by atoms with Crippen molar-refractivity contribution in [1.29, 1.82) is 0 Å². The van der Waals surface area contributed by atoms with Crippen molar-refractivity contribution in [2.45, 2.75) is 38.6 Å². The molecule has 152 valence electrons. The van der Waals surface area contributed by atoms with E-state index in [4.69, 9.17) is 5.73 Å². The van der Waals surface area contributed by atoms with Gasteiger partial charge in [-0.05, 0) is 36.8 Å². The smallest absolute Gasteiger partial charge is 0.223 e. The van der Waals surface area contributed by atoms with E-state index in [1.807, 2.05) is 0 Å². The molecule has 1 saturated heterocycles. The Morgan fingerprint density at radius 1 is 1.19 bits per heavy atom. The van der Waals surface area contributed by atoms with Crippen molar-refractivity contribution in [3.8, 4) is 0 Å². The van der Waals surface area contributed by atoms with Gasteiger partial charge >= 0.3 is 0 Å². The van der Waals surface area contributed by atoms with Gasteiger partial charge in [0, 0.05) is 37.4 Å². The molecule has 1 aromatic carbocycles. The Morgan fingerprint density at radius 3 is 2.37 bits per heavy atom. The summed E-state index contributed by atoms with van der Waals surface area (Å²) in [6.07, 6.45) is 1.24. The highest BCUT2D eigenvalue weighted by Gasteiger charge is 2.28. The Labute approximate surface area is 157 Å². The molecule has 2 rings (SSSR count). The minimum absolute atomic E-state index is 0.0117. The maximum atomic E-state index is 13.8. The Hall–Kier alpha value is -1.61. The molecule has 0 radical (unpaired) electrons. The third-order valence-corrected chi connectivity index (χ3v) is 6.82. The zero-order chi connectivity index (χ0) is 20.2. The molecule has 2 N–H and O–H groups in total. The summed E-state index contributed by atoms with van der Waals surface area (Å²) in [5.41, 5.74) is 6.16. The maximum Gasteiger partial charge on any atom is 0.223 e. The Bertz CT molecular complexity index is 778. The Morgan fingerprint density at radius 2 is 1.78 bits per heavy atom. The van der Waals surface area contributed by atoms with E-state index in [-0.39, 0.29) is 41.7 Å². The van der Waals surface area contributed by atoms with Crippen LogP contribution in [0.15, 0.2) is 12.1 Å². The molecule has 0 saturated carbocycles. The van der Waals surface area contributed by atoms with E-state index in [1.54, 1.807) is 11.8 Å². The zero-order valence-electron chi connectivity index (χ0n) is 15.3. The Kier molecular flexibility index (Phi) is 7.27. The fraction of sp³-hybridized carbons (Fsp3) is 0.611. The molecule has 0 aromatic heterocycles. The fourth-order valence-corrected chi connectivity index (χ4v) is 4.04. The van der Waals surface area contributed by atoms with Crippen LogP contribution in [0.5, 0.6) is 0 Å². The summed E-state index contributed by atoms with van der Waals surface area (Å²) in [5.74, 6) is -3.50. The number of piperidine rings is 1. The van der Waals surface area contributed by atoms with Crippen LogP contribution in [0.4, 0.5) is 13.2 Å². The predicted molar refractivity (Wildman–Crippen MR) is 96.2 cm³/mol. The molecular weight excluding hydrogens is 381 g/mol. The van der Waals surface area contributed by atoms with E-state index >= 15 is 0 Å². The molecule has 0 aliphatic carbocycles. The summed E-state index contributed by atoms with van der Waals surface area (Å²) < 4.78 is 63.1. The molecule has 5 nitrogen and oxygen atoms in total. The number of carbonyl (C=O) groups is 1. The molecule has 1 aliphatic heterocycles. The van der Waals surface area contributed by atoms with Crippen molar-refractivity contribution in [1.82, 2.24) is 4.90 Å². The lowest BCUT2D eigenvalue weighted by Gasteiger charge is -2.35. The first-order valence-corrected chi connectivity index (χ1v) is 10.8. The van der Waals surface area contributed by atoms with Crippen LogP contribution in [-0.4, -0.2) is 49.9 Å². The highest BCUT2D eigenvalue weighted by Crippen LogP contribution is 2.24. The first-order valence-electron chi connectivity index (χ1n) is 9.00. The first-order chi connectivity index (χ1) is 12.6. The van der Waals surface area contributed by atoms with Crippen molar-refractivity contribution in [3.63, 3.8) is 0 Å². The number of likely N-dealkylation sites (tertiary alicyclic amines) is 1. The average Bonchev–Trinajstić information content (AvgIpc) is 2.64. The molecule has 27 heavy (non-hydrogen) atoms. The van der Waals surface area contributed by atoms with E-state index in [0.717, 1.165) is 6.07 Å². The number of carbonyl (C=O) groups excluding carboxylic acids is 1. The van der Waals surface area contributed by atoms with E-state index < -0.39 is 33.3 Å². The monoisotopic (exact) mass is 406 g/mol. The molecule has 1 atom stereocenters. The minimum Gasteiger partial charge on any atom is -0.343 e. The molecule has 0 bridgehead atoms. The van der Waals surface area contributed by atoms with Crippen LogP contribution >= 0.6 is 0 Å². The number of amides is 1. The summed E-state index contributed by atoms with van der Waals surface area (Å²) in [7, 11) is -3.18. The van der Waals surface area contributed by atoms with Crippen molar-refractivity contribution in [2.24, 2.45) is 11.7 Å². The summed E-state index contributed by atoms with van der Waals surface area (Å²) in [4.78, 5) is 13.8. The van der Waals surface area contributed by atoms with Crippen LogP contribution in [0.3, 0.4) is 0 Å². The average molecular weight is 406 g/mol. The van der Waals surface area contributed by atoms with Crippen molar-refractivity contribution < 1.29 is 26.4 Å². The summed E-state index contributed by atoms with van der Waals surface area (Å²) in [5, 5.41) is 0. The first kappa shape index (κ1) is 21.7. The standard InChI is InChI=1S/C18H25F3N2O3S/c1-2-27(25,26)8-5-18(24)23-6-3-12(4-7-23)17(22)10-13-9-15(20)16(21)11-14(13)19/h9,11-12,17H,2-8,10,22H2,1H3. The lowest BCUT2D eigenvalue weighted by atomic mass is 9.86. The molecule has 1 heterocycles. The number of hydrogen-bond donors (Lipinski definition) is 1. The zero-order valence-corrected chi connectivity index (χ0v) is 16.1. The van der Waals surface area contributed by atoms with Crippen molar-refractivity contribution in [2.75, 3.05) is 24.6 Å². The maximum absolute atomic E-state index is 13.8. The minimum atomic E-state index is -3.18. The van der Waals surface area contributed by atoms with Gasteiger partial charge in [-0.25, -0.2) is 21.6 Å². The fourth-order valence-electron chi connectivity index (χ4n) is 3.26. The number of halogens is 3. The number of hydrogen-bond acceptors (Lipinski definition) is 4. The van der Waals surface area contributed by atoms with E-state index in [9.17, 15) is 26.4 Å². The van der Waals surface area contributed by atoms with Crippen molar-refractivity contribution >= 4 is 15.7 Å². The van der Waals surface area contributed by atoms with Gasteiger partial charge in [-0.1, -0.05) is 6.92 Å². The molecule has 9 heteroatoms. The molecule has 1 aromatic rings. The SMILES string of the molecule is CCS(=O)(=O)CCC(=O)N1CCC(C(N)Cc2cc(F)c(F)cc2F)CC1. The molecule has 1 amide bonds. The van der Waals surface area contributed by atoms with Gasteiger partial charge in [-0.2, -0.15) is 0 Å². The van der Waals surface area contributed by atoms with E-state index in [0.29, 0.717) is 32.0 Å². The molecule has 1 unspecified atom stereocenters. The van der Waals surface area contributed by atoms with Crippen LogP contribution in [0.1, 0.15) is 31.7 Å².